The van der Waals surface area contributed by atoms with Gasteiger partial charge >= 0.3 is 5.97 Å². The summed E-state index contributed by atoms with van der Waals surface area (Å²) in [6, 6.07) is -0.261. The van der Waals surface area contributed by atoms with Gasteiger partial charge in [-0.25, -0.2) is 8.42 Å². The summed E-state index contributed by atoms with van der Waals surface area (Å²) >= 11 is 0. The topological polar surface area (TPSA) is 101 Å². The summed E-state index contributed by atoms with van der Waals surface area (Å²) in [4.78, 5) is 23.0. The molecule has 0 saturated heterocycles. The first-order valence-electron chi connectivity index (χ1n) is 6.29. The lowest BCUT2D eigenvalue weighted by Crippen LogP contribution is -2.52. The van der Waals surface area contributed by atoms with Crippen LogP contribution in [0, 0.1) is 5.92 Å². The van der Waals surface area contributed by atoms with Crippen LogP contribution in [0.15, 0.2) is 0 Å². The van der Waals surface area contributed by atoms with Crippen LogP contribution in [-0.4, -0.2) is 42.4 Å². The number of carboxylic acid groups (broad SMARTS) is 1. The smallest absolute Gasteiger partial charge is 0.306 e. The highest BCUT2D eigenvalue weighted by atomic mass is 32.2. The Morgan fingerprint density at radius 3 is 2.32 bits per heavy atom. The van der Waals surface area contributed by atoms with E-state index in [0.29, 0.717) is 19.3 Å². The number of amides is 1. The molecule has 0 radical (unpaired) electrons. The second kappa shape index (κ2) is 5.48. The third-order valence-corrected chi connectivity index (χ3v) is 5.87. The van der Waals surface area contributed by atoms with Crippen LogP contribution >= 0.6 is 0 Å². The van der Waals surface area contributed by atoms with Crippen LogP contribution in [0.1, 0.15) is 39.5 Å². The number of nitrogens with one attached hydrogen (secondary N) is 1. The lowest BCUT2D eigenvalue weighted by Gasteiger charge is -2.30. The van der Waals surface area contributed by atoms with Crippen molar-refractivity contribution in [2.45, 2.75) is 50.3 Å². The van der Waals surface area contributed by atoms with E-state index in [9.17, 15) is 18.0 Å². The number of sulfone groups is 1. The Bertz CT molecular complexity index is 469. The molecule has 2 unspecified atom stereocenters. The van der Waals surface area contributed by atoms with Gasteiger partial charge in [0.2, 0.25) is 5.91 Å². The van der Waals surface area contributed by atoms with E-state index >= 15 is 0 Å². The molecule has 110 valence electrons. The SMILES string of the molecule is CC(C)(C(=O)NC1CCCC(C(=O)O)C1)S(C)(=O)=O. The Morgan fingerprint density at radius 2 is 1.84 bits per heavy atom. The third kappa shape index (κ3) is 3.68. The first kappa shape index (κ1) is 15.9. The van der Waals surface area contributed by atoms with Crippen molar-refractivity contribution in [1.82, 2.24) is 5.32 Å². The first-order chi connectivity index (χ1) is 8.55. The van der Waals surface area contributed by atoms with Gasteiger partial charge in [0.05, 0.1) is 5.92 Å². The van der Waals surface area contributed by atoms with Crippen molar-refractivity contribution >= 4 is 21.7 Å². The fourth-order valence-electron chi connectivity index (χ4n) is 2.07. The van der Waals surface area contributed by atoms with Gasteiger partial charge in [-0.1, -0.05) is 6.42 Å². The van der Waals surface area contributed by atoms with E-state index in [-0.39, 0.29) is 6.04 Å². The minimum absolute atomic E-state index is 0.261. The number of carbonyl (C=O) groups excluding carboxylic acids is 1. The van der Waals surface area contributed by atoms with Crippen LogP contribution < -0.4 is 5.32 Å². The maximum Gasteiger partial charge on any atom is 0.306 e. The molecule has 0 bridgehead atoms. The molecule has 0 aliphatic heterocycles. The quantitative estimate of drug-likeness (QED) is 0.788. The van der Waals surface area contributed by atoms with Crippen molar-refractivity contribution in [2.75, 3.05) is 6.26 Å². The molecule has 2 atom stereocenters. The fourth-order valence-corrected chi connectivity index (χ4v) is 2.47. The third-order valence-electron chi connectivity index (χ3n) is 3.83. The monoisotopic (exact) mass is 291 g/mol. The van der Waals surface area contributed by atoms with Crippen LogP contribution in [0.3, 0.4) is 0 Å². The second-order valence-electron chi connectivity index (χ2n) is 5.65. The zero-order valence-electron chi connectivity index (χ0n) is 11.5. The summed E-state index contributed by atoms with van der Waals surface area (Å²) in [5.74, 6) is -1.88. The standard InChI is InChI=1S/C12H21NO5S/c1-12(2,19(3,17)18)11(16)13-9-6-4-5-8(7-9)10(14)15/h8-9H,4-7H2,1-3H3,(H,13,16)(H,14,15). The Labute approximate surface area is 113 Å². The average molecular weight is 291 g/mol. The average Bonchev–Trinajstić information content (AvgIpc) is 2.27. The number of carbonyl (C=O) groups is 2. The highest BCUT2D eigenvalue weighted by Crippen LogP contribution is 2.25. The fraction of sp³-hybridized carbons (Fsp3) is 0.833. The van der Waals surface area contributed by atoms with E-state index < -0.39 is 32.4 Å². The van der Waals surface area contributed by atoms with E-state index in [0.717, 1.165) is 12.7 Å². The molecule has 1 aliphatic carbocycles. The molecule has 0 heterocycles. The van der Waals surface area contributed by atoms with Gasteiger partial charge in [0, 0.05) is 12.3 Å². The van der Waals surface area contributed by atoms with Crippen LogP contribution in [0.4, 0.5) is 0 Å². The minimum Gasteiger partial charge on any atom is -0.481 e. The summed E-state index contributed by atoms with van der Waals surface area (Å²) < 4.78 is 21.6. The van der Waals surface area contributed by atoms with Gasteiger partial charge < -0.3 is 10.4 Å². The number of rotatable bonds is 4. The normalized spacial score (nSPS) is 24.8. The summed E-state index contributed by atoms with van der Waals surface area (Å²) in [6.45, 7) is 2.71. The lowest BCUT2D eigenvalue weighted by molar-refractivity contribution is -0.143. The van der Waals surface area contributed by atoms with Gasteiger partial charge in [0.1, 0.15) is 4.75 Å². The maximum atomic E-state index is 12.0. The molecular weight excluding hydrogens is 270 g/mol. The Kier molecular flexibility index (Phi) is 4.60. The van der Waals surface area contributed by atoms with E-state index in [2.05, 4.69) is 5.32 Å². The maximum absolute atomic E-state index is 12.0. The van der Waals surface area contributed by atoms with Crippen molar-refractivity contribution in [1.29, 1.82) is 0 Å². The molecule has 0 aromatic heterocycles. The molecule has 0 spiro atoms. The van der Waals surface area contributed by atoms with Gasteiger partial charge in [-0.15, -0.1) is 0 Å². The van der Waals surface area contributed by atoms with Crippen LogP contribution in [0.2, 0.25) is 0 Å². The molecule has 6 nitrogen and oxygen atoms in total. The summed E-state index contributed by atoms with van der Waals surface area (Å²) in [7, 11) is -3.51. The van der Waals surface area contributed by atoms with Crippen molar-refractivity contribution in [3.8, 4) is 0 Å². The number of hydrogen-bond acceptors (Lipinski definition) is 4. The lowest BCUT2D eigenvalue weighted by atomic mass is 9.85. The van der Waals surface area contributed by atoms with Crippen molar-refractivity contribution in [3.63, 3.8) is 0 Å². The predicted molar refractivity (Wildman–Crippen MR) is 70.4 cm³/mol. The predicted octanol–water partition coefficient (Wildman–Crippen LogP) is 0.569. The van der Waals surface area contributed by atoms with Gasteiger partial charge in [0.15, 0.2) is 9.84 Å². The zero-order valence-corrected chi connectivity index (χ0v) is 12.3. The minimum atomic E-state index is -3.51. The van der Waals surface area contributed by atoms with E-state index in [4.69, 9.17) is 5.11 Å². The van der Waals surface area contributed by atoms with Crippen molar-refractivity contribution in [2.24, 2.45) is 5.92 Å². The van der Waals surface area contributed by atoms with Gasteiger partial charge in [-0.3, -0.25) is 9.59 Å². The Hall–Kier alpha value is -1.11. The number of hydrogen-bond donors (Lipinski definition) is 2. The van der Waals surface area contributed by atoms with Gasteiger partial charge in [0.25, 0.3) is 0 Å². The first-order valence-corrected chi connectivity index (χ1v) is 8.18. The molecule has 0 aromatic rings. The van der Waals surface area contributed by atoms with Gasteiger partial charge in [-0.05, 0) is 33.1 Å². The van der Waals surface area contributed by atoms with Gasteiger partial charge in [-0.2, -0.15) is 0 Å². The Morgan fingerprint density at radius 1 is 1.26 bits per heavy atom. The molecular formula is C12H21NO5S. The summed E-state index contributed by atoms with van der Waals surface area (Å²) in [5, 5.41) is 11.6. The molecule has 0 aromatic carbocycles. The van der Waals surface area contributed by atoms with E-state index in [1.165, 1.54) is 13.8 Å². The largest absolute Gasteiger partial charge is 0.481 e. The Balaban J connectivity index is 2.70. The molecule has 1 saturated carbocycles. The molecule has 1 fully saturated rings. The number of aliphatic carboxylic acids is 1. The number of carboxylic acids is 1. The van der Waals surface area contributed by atoms with E-state index in [1.807, 2.05) is 0 Å². The molecule has 2 N–H and O–H groups in total. The molecule has 19 heavy (non-hydrogen) atoms. The molecule has 1 amide bonds. The van der Waals surface area contributed by atoms with Crippen molar-refractivity contribution in [3.05, 3.63) is 0 Å². The summed E-state index contributed by atoms with van der Waals surface area (Å²) in [6.07, 6.45) is 3.40. The van der Waals surface area contributed by atoms with Crippen molar-refractivity contribution < 1.29 is 23.1 Å². The zero-order chi connectivity index (χ0) is 14.8. The van der Waals surface area contributed by atoms with Crippen LogP contribution in [0.25, 0.3) is 0 Å². The van der Waals surface area contributed by atoms with E-state index in [1.54, 1.807) is 0 Å². The highest BCUT2D eigenvalue weighted by Gasteiger charge is 2.40. The highest BCUT2D eigenvalue weighted by molar-refractivity contribution is 7.92. The second-order valence-corrected chi connectivity index (χ2v) is 8.22. The molecule has 1 rings (SSSR count). The summed E-state index contributed by atoms with van der Waals surface area (Å²) in [5.41, 5.74) is 0. The van der Waals surface area contributed by atoms with Crippen LogP contribution in [0.5, 0.6) is 0 Å². The van der Waals surface area contributed by atoms with Crippen LogP contribution in [-0.2, 0) is 19.4 Å². The molecule has 7 heteroatoms. The molecule has 1 aliphatic rings.